The van der Waals surface area contributed by atoms with E-state index in [1.165, 1.54) is 0 Å². The van der Waals surface area contributed by atoms with Gasteiger partial charge < -0.3 is 14.8 Å². The maximum Gasteiger partial charge on any atom is 0.321 e. The molecule has 1 aliphatic carbocycles. The minimum atomic E-state index is -0.406. The second-order valence-electron chi connectivity index (χ2n) is 6.36. The zero-order chi connectivity index (χ0) is 18.2. The molecule has 1 aliphatic rings. The third-order valence-corrected chi connectivity index (χ3v) is 4.26. The number of hydrogen-bond acceptors (Lipinski definition) is 5. The first kappa shape index (κ1) is 19.1. The molecular formula is C18H27N3O4. The average Bonchev–Trinajstić information content (AvgIpc) is 3.06. The van der Waals surface area contributed by atoms with E-state index < -0.39 is 6.03 Å². The topological polar surface area (TPSA) is 79.9 Å². The molecule has 25 heavy (non-hydrogen) atoms. The average molecular weight is 349 g/mol. The molecule has 0 bridgehead atoms. The Morgan fingerprint density at radius 2 is 1.84 bits per heavy atom. The van der Waals surface area contributed by atoms with Crippen LogP contribution in [0.1, 0.15) is 31.2 Å². The van der Waals surface area contributed by atoms with Crippen LogP contribution in [-0.2, 0) is 11.3 Å². The monoisotopic (exact) mass is 349 g/mol. The van der Waals surface area contributed by atoms with Gasteiger partial charge in [-0.3, -0.25) is 15.0 Å². The molecule has 7 heteroatoms. The number of carbonyl (C=O) groups excluding carboxylic acids is 2. The molecule has 3 amide bonds. The van der Waals surface area contributed by atoms with Crippen molar-refractivity contribution in [1.82, 2.24) is 15.5 Å². The molecular weight excluding hydrogens is 322 g/mol. The van der Waals surface area contributed by atoms with E-state index >= 15 is 0 Å². The molecule has 0 atom stereocenters. The Morgan fingerprint density at radius 3 is 2.48 bits per heavy atom. The summed E-state index contributed by atoms with van der Waals surface area (Å²) in [4.78, 5) is 25.6. The van der Waals surface area contributed by atoms with Gasteiger partial charge in [-0.2, -0.15) is 0 Å². The van der Waals surface area contributed by atoms with E-state index in [9.17, 15) is 9.59 Å². The highest BCUT2D eigenvalue weighted by atomic mass is 16.5. The van der Waals surface area contributed by atoms with Crippen LogP contribution in [0.25, 0.3) is 0 Å². The van der Waals surface area contributed by atoms with Crippen LogP contribution >= 0.6 is 0 Å². The number of methoxy groups -OCH3 is 2. The summed E-state index contributed by atoms with van der Waals surface area (Å²) >= 11 is 0. The van der Waals surface area contributed by atoms with Gasteiger partial charge in [0.15, 0.2) is 11.5 Å². The number of rotatable bonds is 7. The fourth-order valence-corrected chi connectivity index (χ4v) is 3.05. The van der Waals surface area contributed by atoms with Crippen LogP contribution in [0, 0.1) is 0 Å². The summed E-state index contributed by atoms with van der Waals surface area (Å²) in [6.45, 7) is 0.685. The first-order valence-corrected chi connectivity index (χ1v) is 8.51. The Hall–Kier alpha value is -2.28. The summed E-state index contributed by atoms with van der Waals surface area (Å²) in [5.41, 5.74) is 0.989. The number of amides is 3. The highest BCUT2D eigenvalue weighted by Gasteiger charge is 2.18. The first-order valence-electron chi connectivity index (χ1n) is 8.51. The Morgan fingerprint density at radius 1 is 1.16 bits per heavy atom. The van der Waals surface area contributed by atoms with Gasteiger partial charge in [0.05, 0.1) is 20.8 Å². The lowest BCUT2D eigenvalue weighted by molar-refractivity contribution is -0.121. The molecule has 1 aromatic rings. The maximum absolute atomic E-state index is 12.0. The third-order valence-electron chi connectivity index (χ3n) is 4.26. The van der Waals surface area contributed by atoms with Gasteiger partial charge in [-0.15, -0.1) is 0 Å². The second kappa shape index (κ2) is 9.27. The molecule has 0 saturated heterocycles. The number of carbonyl (C=O) groups is 2. The second-order valence-corrected chi connectivity index (χ2v) is 6.36. The van der Waals surface area contributed by atoms with Crippen LogP contribution in [0.2, 0.25) is 0 Å². The molecule has 0 unspecified atom stereocenters. The van der Waals surface area contributed by atoms with Crippen molar-refractivity contribution < 1.29 is 19.1 Å². The van der Waals surface area contributed by atoms with Gasteiger partial charge in [0.1, 0.15) is 0 Å². The molecule has 1 saturated carbocycles. The van der Waals surface area contributed by atoms with Crippen molar-refractivity contribution in [3.63, 3.8) is 0 Å². The summed E-state index contributed by atoms with van der Waals surface area (Å²) in [5, 5.41) is 5.23. The fraction of sp³-hybridized carbons (Fsp3) is 0.556. The Balaban J connectivity index is 1.79. The first-order chi connectivity index (χ1) is 12.0. The van der Waals surface area contributed by atoms with Crippen molar-refractivity contribution >= 4 is 11.9 Å². The summed E-state index contributed by atoms with van der Waals surface area (Å²) in [6.07, 6.45) is 4.24. The Labute approximate surface area is 148 Å². The Bertz CT molecular complexity index is 600. The van der Waals surface area contributed by atoms with Gasteiger partial charge in [0.25, 0.3) is 0 Å². The number of hydrogen-bond donors (Lipinski definition) is 2. The minimum absolute atomic E-state index is 0.131. The number of ether oxygens (including phenoxy) is 2. The Kier molecular flexibility index (Phi) is 7.06. The molecule has 1 fully saturated rings. The van der Waals surface area contributed by atoms with E-state index in [4.69, 9.17) is 9.47 Å². The smallest absolute Gasteiger partial charge is 0.321 e. The van der Waals surface area contributed by atoms with Gasteiger partial charge in [0.2, 0.25) is 5.91 Å². The molecule has 0 radical (unpaired) electrons. The standard InChI is InChI=1S/C18H27N3O4/c1-21(11-13-8-9-15(24-2)16(10-13)25-3)12-17(22)20-18(23)19-14-6-4-5-7-14/h8-10,14H,4-7,11-12H2,1-3H3,(H2,19,20,22,23). The van der Waals surface area contributed by atoms with Crippen LogP contribution in [0.4, 0.5) is 4.79 Å². The van der Waals surface area contributed by atoms with E-state index in [-0.39, 0.29) is 18.5 Å². The van der Waals surface area contributed by atoms with Crippen molar-refractivity contribution in [1.29, 1.82) is 0 Å². The lowest BCUT2D eigenvalue weighted by Crippen LogP contribution is -2.46. The van der Waals surface area contributed by atoms with Crippen LogP contribution < -0.4 is 20.1 Å². The van der Waals surface area contributed by atoms with E-state index in [0.717, 1.165) is 31.2 Å². The van der Waals surface area contributed by atoms with E-state index in [2.05, 4.69) is 10.6 Å². The van der Waals surface area contributed by atoms with E-state index in [1.807, 2.05) is 30.1 Å². The predicted octanol–water partition coefficient (Wildman–Crippen LogP) is 1.90. The number of nitrogens with zero attached hydrogens (tertiary/aromatic N) is 1. The van der Waals surface area contributed by atoms with E-state index in [0.29, 0.717) is 18.0 Å². The molecule has 2 N–H and O–H groups in total. The predicted molar refractivity (Wildman–Crippen MR) is 94.8 cm³/mol. The quantitative estimate of drug-likeness (QED) is 0.786. The zero-order valence-corrected chi connectivity index (χ0v) is 15.1. The van der Waals surface area contributed by atoms with Crippen molar-refractivity contribution in [3.05, 3.63) is 23.8 Å². The molecule has 0 aromatic heterocycles. The van der Waals surface area contributed by atoms with Crippen LogP contribution in [0.5, 0.6) is 11.5 Å². The van der Waals surface area contributed by atoms with Crippen LogP contribution in [0.15, 0.2) is 18.2 Å². The van der Waals surface area contributed by atoms with Gasteiger partial charge in [-0.1, -0.05) is 18.9 Å². The van der Waals surface area contributed by atoms with Gasteiger partial charge >= 0.3 is 6.03 Å². The third kappa shape index (κ3) is 5.94. The number of benzene rings is 1. The molecule has 0 heterocycles. The van der Waals surface area contributed by atoms with Gasteiger partial charge in [-0.25, -0.2) is 4.79 Å². The highest BCUT2D eigenvalue weighted by Crippen LogP contribution is 2.27. The summed E-state index contributed by atoms with van der Waals surface area (Å²) in [6, 6.07) is 5.41. The summed E-state index contributed by atoms with van der Waals surface area (Å²) in [7, 11) is 5.00. The van der Waals surface area contributed by atoms with Gasteiger partial charge in [-0.05, 0) is 37.6 Å². The van der Waals surface area contributed by atoms with Gasteiger partial charge in [0, 0.05) is 12.6 Å². The number of urea groups is 1. The lowest BCUT2D eigenvalue weighted by Gasteiger charge is -2.18. The van der Waals surface area contributed by atoms with Crippen molar-refractivity contribution in [2.24, 2.45) is 0 Å². The van der Waals surface area contributed by atoms with Crippen molar-refractivity contribution in [3.8, 4) is 11.5 Å². The maximum atomic E-state index is 12.0. The number of nitrogens with one attached hydrogen (secondary N) is 2. The molecule has 0 spiro atoms. The highest BCUT2D eigenvalue weighted by molar-refractivity contribution is 5.95. The largest absolute Gasteiger partial charge is 0.493 e. The normalized spacial score (nSPS) is 14.4. The van der Waals surface area contributed by atoms with Crippen LogP contribution in [-0.4, -0.2) is 50.7 Å². The van der Waals surface area contributed by atoms with E-state index in [1.54, 1.807) is 14.2 Å². The molecule has 138 valence electrons. The molecule has 2 rings (SSSR count). The number of imide groups is 1. The molecule has 1 aromatic carbocycles. The molecule has 7 nitrogen and oxygen atoms in total. The van der Waals surface area contributed by atoms with Crippen molar-refractivity contribution in [2.75, 3.05) is 27.8 Å². The summed E-state index contributed by atoms with van der Waals surface area (Å²) in [5.74, 6) is 0.988. The minimum Gasteiger partial charge on any atom is -0.493 e. The lowest BCUT2D eigenvalue weighted by atomic mass is 10.2. The zero-order valence-electron chi connectivity index (χ0n) is 15.1. The fourth-order valence-electron chi connectivity index (χ4n) is 3.05. The number of likely N-dealkylation sites (N-methyl/N-ethyl adjacent to an activating group) is 1. The van der Waals surface area contributed by atoms with Crippen molar-refractivity contribution in [2.45, 2.75) is 38.3 Å². The molecule has 0 aliphatic heterocycles. The van der Waals surface area contributed by atoms with Crippen LogP contribution in [0.3, 0.4) is 0 Å². The summed E-state index contributed by atoms with van der Waals surface area (Å²) < 4.78 is 10.5. The SMILES string of the molecule is COc1ccc(CN(C)CC(=O)NC(=O)NC2CCCC2)cc1OC.